The number of carbonyl (C=O) groups is 2. The van der Waals surface area contributed by atoms with Crippen LogP contribution in [-0.2, 0) is 17.9 Å². The van der Waals surface area contributed by atoms with Gasteiger partial charge in [-0.25, -0.2) is 4.79 Å². The van der Waals surface area contributed by atoms with E-state index in [2.05, 4.69) is 17.3 Å². The molecule has 0 saturated carbocycles. The zero-order chi connectivity index (χ0) is 17.0. The third kappa shape index (κ3) is 4.24. The number of nitrogens with zero attached hydrogens (tertiary/aromatic N) is 3. The van der Waals surface area contributed by atoms with Crippen molar-refractivity contribution in [2.45, 2.75) is 53.1 Å². The summed E-state index contributed by atoms with van der Waals surface area (Å²) in [4.78, 5) is 25.2. The first-order valence-corrected chi connectivity index (χ1v) is 8.26. The summed E-state index contributed by atoms with van der Waals surface area (Å²) in [6.07, 6.45) is 2.22. The molecule has 1 saturated heterocycles. The second-order valence-electron chi connectivity index (χ2n) is 6.25. The van der Waals surface area contributed by atoms with Gasteiger partial charge in [0.15, 0.2) is 0 Å². The van der Waals surface area contributed by atoms with E-state index < -0.39 is 0 Å². The number of carbonyl (C=O) groups excluding carboxylic acids is 2. The summed E-state index contributed by atoms with van der Waals surface area (Å²) < 4.78 is 1.95. The molecule has 128 valence electrons. The fourth-order valence-corrected chi connectivity index (χ4v) is 3.27. The second-order valence-corrected chi connectivity index (χ2v) is 6.25. The number of aryl methyl sites for hydroxylation is 2. The molecule has 1 aliphatic rings. The number of hydrogen-bond acceptors (Lipinski definition) is 3. The van der Waals surface area contributed by atoms with Crippen LogP contribution in [-0.4, -0.2) is 39.7 Å². The van der Waals surface area contributed by atoms with Gasteiger partial charge < -0.3 is 16.0 Å². The molecule has 7 nitrogen and oxygen atoms in total. The molecule has 1 aliphatic heterocycles. The van der Waals surface area contributed by atoms with Gasteiger partial charge in [0.05, 0.1) is 5.69 Å². The van der Waals surface area contributed by atoms with Crippen LogP contribution in [0.2, 0.25) is 0 Å². The van der Waals surface area contributed by atoms with E-state index >= 15 is 0 Å². The molecule has 0 radical (unpaired) electrons. The average Bonchev–Trinajstić information content (AvgIpc) is 2.78. The molecule has 3 N–H and O–H groups in total. The van der Waals surface area contributed by atoms with Crippen LogP contribution >= 0.6 is 0 Å². The summed E-state index contributed by atoms with van der Waals surface area (Å²) in [5.74, 6) is -0.117. The molecule has 3 amide bonds. The van der Waals surface area contributed by atoms with Crippen molar-refractivity contribution >= 4 is 11.9 Å². The van der Waals surface area contributed by atoms with Crippen LogP contribution in [0.25, 0.3) is 0 Å². The van der Waals surface area contributed by atoms with Gasteiger partial charge in [-0.15, -0.1) is 0 Å². The number of hydrogen-bond donors (Lipinski definition) is 2. The maximum Gasteiger partial charge on any atom is 0.317 e. The maximum atomic E-state index is 12.4. The molecular formula is C16H27N5O2. The third-order valence-corrected chi connectivity index (χ3v) is 4.54. The lowest BCUT2D eigenvalue weighted by molar-refractivity contribution is -0.119. The van der Waals surface area contributed by atoms with Gasteiger partial charge >= 0.3 is 6.03 Å². The molecule has 1 aromatic rings. The number of rotatable bonds is 5. The Kier molecular flexibility index (Phi) is 5.63. The first-order valence-electron chi connectivity index (χ1n) is 8.26. The topological polar surface area (TPSA) is 93.2 Å². The Morgan fingerprint density at radius 3 is 2.74 bits per heavy atom. The highest BCUT2D eigenvalue weighted by Crippen LogP contribution is 2.19. The lowest BCUT2D eigenvalue weighted by Gasteiger charge is -2.32. The number of nitrogens with two attached hydrogens (primary N) is 1. The SMILES string of the molecule is CCn1nc(C)c(CNC(=O)N2CCC[C@H](CC(N)=O)C2)c1C. The lowest BCUT2D eigenvalue weighted by Crippen LogP contribution is -2.45. The predicted molar refractivity (Wildman–Crippen MR) is 87.7 cm³/mol. The van der Waals surface area contributed by atoms with Gasteiger partial charge in [-0.1, -0.05) is 0 Å². The Balaban J connectivity index is 1.92. The Morgan fingerprint density at radius 1 is 1.39 bits per heavy atom. The largest absolute Gasteiger partial charge is 0.370 e. The zero-order valence-corrected chi connectivity index (χ0v) is 14.3. The highest BCUT2D eigenvalue weighted by Gasteiger charge is 2.25. The van der Waals surface area contributed by atoms with E-state index in [1.807, 2.05) is 18.5 Å². The molecule has 2 rings (SSSR count). The molecule has 1 atom stereocenters. The summed E-state index contributed by atoms with van der Waals surface area (Å²) in [6, 6.07) is -0.0813. The van der Waals surface area contributed by atoms with Gasteiger partial charge in [-0.2, -0.15) is 5.10 Å². The van der Waals surface area contributed by atoms with Crippen LogP contribution in [0.3, 0.4) is 0 Å². The Hall–Kier alpha value is -2.05. The van der Waals surface area contributed by atoms with Gasteiger partial charge in [0.1, 0.15) is 0 Å². The van der Waals surface area contributed by atoms with Crippen molar-refractivity contribution < 1.29 is 9.59 Å². The highest BCUT2D eigenvalue weighted by molar-refractivity contribution is 5.75. The summed E-state index contributed by atoms with van der Waals surface area (Å²) in [5, 5.41) is 7.44. The van der Waals surface area contributed by atoms with Crippen LogP contribution in [0.15, 0.2) is 0 Å². The van der Waals surface area contributed by atoms with Gasteiger partial charge in [0, 0.05) is 43.9 Å². The Labute approximate surface area is 137 Å². The molecule has 0 spiro atoms. The van der Waals surface area contributed by atoms with Gasteiger partial charge in [0.25, 0.3) is 0 Å². The van der Waals surface area contributed by atoms with Gasteiger partial charge in [-0.3, -0.25) is 9.48 Å². The Bertz CT molecular complexity index is 581. The number of urea groups is 1. The monoisotopic (exact) mass is 321 g/mol. The number of nitrogens with one attached hydrogen (secondary N) is 1. The van der Waals surface area contributed by atoms with Crippen molar-refractivity contribution in [1.29, 1.82) is 0 Å². The van der Waals surface area contributed by atoms with Crippen LogP contribution < -0.4 is 11.1 Å². The molecule has 0 unspecified atom stereocenters. The summed E-state index contributed by atoms with van der Waals surface area (Å²) in [7, 11) is 0. The first-order chi connectivity index (χ1) is 10.9. The number of amides is 3. The quantitative estimate of drug-likeness (QED) is 0.856. The summed E-state index contributed by atoms with van der Waals surface area (Å²) in [5.41, 5.74) is 8.38. The van der Waals surface area contributed by atoms with Crippen molar-refractivity contribution in [3.05, 3.63) is 17.0 Å². The van der Waals surface area contributed by atoms with E-state index in [-0.39, 0.29) is 17.9 Å². The molecule has 0 bridgehead atoms. The minimum atomic E-state index is -0.296. The fraction of sp³-hybridized carbons (Fsp3) is 0.688. The van der Waals surface area contributed by atoms with E-state index in [0.717, 1.165) is 42.9 Å². The lowest BCUT2D eigenvalue weighted by atomic mass is 9.95. The minimum Gasteiger partial charge on any atom is -0.370 e. The van der Waals surface area contributed by atoms with Crippen LogP contribution in [0, 0.1) is 19.8 Å². The van der Waals surface area contributed by atoms with Crippen molar-refractivity contribution in [3.8, 4) is 0 Å². The minimum absolute atomic E-state index is 0.0813. The van der Waals surface area contributed by atoms with Gasteiger partial charge in [0.2, 0.25) is 5.91 Å². The van der Waals surface area contributed by atoms with Crippen LogP contribution in [0.1, 0.15) is 43.1 Å². The maximum absolute atomic E-state index is 12.4. The Morgan fingerprint density at radius 2 is 2.13 bits per heavy atom. The van der Waals surface area contributed by atoms with Crippen LogP contribution in [0.4, 0.5) is 4.79 Å². The van der Waals surface area contributed by atoms with E-state index in [1.165, 1.54) is 0 Å². The molecule has 1 fully saturated rings. The van der Waals surface area contributed by atoms with E-state index in [0.29, 0.717) is 19.5 Å². The zero-order valence-electron chi connectivity index (χ0n) is 14.3. The van der Waals surface area contributed by atoms with Crippen molar-refractivity contribution in [2.75, 3.05) is 13.1 Å². The third-order valence-electron chi connectivity index (χ3n) is 4.54. The van der Waals surface area contributed by atoms with E-state index in [1.54, 1.807) is 4.90 Å². The molecule has 0 aromatic carbocycles. The van der Waals surface area contributed by atoms with Crippen molar-refractivity contribution in [3.63, 3.8) is 0 Å². The van der Waals surface area contributed by atoms with Crippen molar-refractivity contribution in [1.82, 2.24) is 20.0 Å². The number of piperidine rings is 1. The molecule has 7 heteroatoms. The second kappa shape index (κ2) is 7.48. The first kappa shape index (κ1) is 17.3. The fourth-order valence-electron chi connectivity index (χ4n) is 3.27. The van der Waals surface area contributed by atoms with E-state index in [4.69, 9.17) is 5.73 Å². The average molecular weight is 321 g/mol. The smallest absolute Gasteiger partial charge is 0.317 e. The molecule has 23 heavy (non-hydrogen) atoms. The number of likely N-dealkylation sites (tertiary alicyclic amines) is 1. The standard InChI is InChI=1S/C16H27N5O2/c1-4-21-12(3)14(11(2)19-21)9-18-16(23)20-7-5-6-13(10-20)8-15(17)22/h13H,4-10H2,1-3H3,(H2,17,22)(H,18,23)/t13-/m1/s1. The number of aromatic nitrogens is 2. The van der Waals surface area contributed by atoms with Crippen molar-refractivity contribution in [2.24, 2.45) is 11.7 Å². The normalized spacial score (nSPS) is 18.0. The molecular weight excluding hydrogens is 294 g/mol. The number of primary amides is 1. The summed E-state index contributed by atoms with van der Waals surface area (Å²) in [6.45, 7) is 8.66. The molecule has 1 aromatic heterocycles. The van der Waals surface area contributed by atoms with E-state index in [9.17, 15) is 9.59 Å². The van der Waals surface area contributed by atoms with Crippen LogP contribution in [0.5, 0.6) is 0 Å². The molecule has 2 heterocycles. The predicted octanol–water partition coefficient (Wildman–Crippen LogP) is 1.32. The highest BCUT2D eigenvalue weighted by atomic mass is 16.2. The van der Waals surface area contributed by atoms with Gasteiger partial charge in [-0.05, 0) is 39.5 Å². The summed E-state index contributed by atoms with van der Waals surface area (Å²) >= 11 is 0. The molecule has 0 aliphatic carbocycles.